The fraction of sp³-hybridized carbons (Fsp3) is 0.714. The van der Waals surface area contributed by atoms with E-state index in [1.807, 2.05) is 18.2 Å². The number of ether oxygens (including phenoxy) is 1. The summed E-state index contributed by atoms with van der Waals surface area (Å²) in [6.45, 7) is 5.91. The Morgan fingerprint density at radius 3 is 2.69 bits per heavy atom. The van der Waals surface area contributed by atoms with Gasteiger partial charge in [-0.3, -0.25) is 4.90 Å². The van der Waals surface area contributed by atoms with Crippen molar-refractivity contribution >= 4 is 17.3 Å². The molecule has 1 N–H and O–H groups in total. The van der Waals surface area contributed by atoms with Crippen molar-refractivity contribution in [2.75, 3.05) is 50.8 Å². The molecule has 1 heterocycles. The second kappa shape index (κ2) is 8.47. The largest absolute Gasteiger partial charge is 0.389 e. The molecule has 144 valence electrons. The Balaban J connectivity index is 1.14. The predicted molar refractivity (Wildman–Crippen MR) is 106 cm³/mol. The number of hydrogen-bond acceptors (Lipinski definition) is 4. The van der Waals surface area contributed by atoms with Gasteiger partial charge in [-0.2, -0.15) is 0 Å². The second-order valence-corrected chi connectivity index (χ2v) is 8.83. The molecule has 26 heavy (non-hydrogen) atoms. The van der Waals surface area contributed by atoms with Crippen LogP contribution in [0, 0.1) is 17.8 Å². The number of halogens is 1. The van der Waals surface area contributed by atoms with Crippen LogP contribution >= 0.6 is 11.6 Å². The van der Waals surface area contributed by atoms with Crippen molar-refractivity contribution in [1.29, 1.82) is 0 Å². The Bertz CT molecular complexity index is 591. The van der Waals surface area contributed by atoms with Crippen molar-refractivity contribution in [2.24, 2.45) is 17.8 Å². The van der Waals surface area contributed by atoms with Gasteiger partial charge in [0.1, 0.15) is 0 Å². The van der Waals surface area contributed by atoms with Crippen LogP contribution in [-0.2, 0) is 4.74 Å². The van der Waals surface area contributed by atoms with Crippen LogP contribution in [0.3, 0.4) is 0 Å². The molecule has 4 atom stereocenters. The number of fused-ring (bicyclic) bond motifs is 2. The maximum absolute atomic E-state index is 10.3. The van der Waals surface area contributed by atoms with Gasteiger partial charge in [0, 0.05) is 50.0 Å². The monoisotopic (exact) mass is 378 g/mol. The summed E-state index contributed by atoms with van der Waals surface area (Å²) < 4.78 is 5.88. The standard InChI is InChI=1S/C21H31ClN2O2/c22-19-2-1-3-20(12-19)24-8-6-23(7-9-24)13-21(25)15-26-14-18-11-16-4-5-17(18)10-16/h1-3,12,16-18,21,25H,4-11,13-15H2/t16-,17-,18+,21+/m1/s1. The summed E-state index contributed by atoms with van der Waals surface area (Å²) in [6, 6.07) is 8.05. The fourth-order valence-electron chi connectivity index (χ4n) is 5.15. The lowest BCUT2D eigenvalue weighted by Crippen LogP contribution is -2.49. The number of piperazine rings is 1. The summed E-state index contributed by atoms with van der Waals surface area (Å²) in [7, 11) is 0. The van der Waals surface area contributed by atoms with Gasteiger partial charge in [-0.25, -0.2) is 0 Å². The van der Waals surface area contributed by atoms with E-state index in [0.717, 1.165) is 55.6 Å². The quantitative estimate of drug-likeness (QED) is 0.789. The molecule has 1 aromatic rings. The molecule has 0 spiro atoms. The molecule has 1 aliphatic heterocycles. The molecule has 2 saturated carbocycles. The molecule has 0 radical (unpaired) electrons. The van der Waals surface area contributed by atoms with Gasteiger partial charge >= 0.3 is 0 Å². The van der Waals surface area contributed by atoms with Gasteiger partial charge in [-0.15, -0.1) is 0 Å². The number of benzene rings is 1. The number of rotatable bonds is 7. The van der Waals surface area contributed by atoms with Crippen LogP contribution in [0.4, 0.5) is 5.69 Å². The summed E-state index contributed by atoms with van der Waals surface area (Å²) in [5.41, 5.74) is 1.19. The van der Waals surface area contributed by atoms with Crippen molar-refractivity contribution in [3.8, 4) is 0 Å². The summed E-state index contributed by atoms with van der Waals surface area (Å²) in [4.78, 5) is 4.70. The van der Waals surface area contributed by atoms with E-state index in [-0.39, 0.29) is 6.10 Å². The van der Waals surface area contributed by atoms with Gasteiger partial charge in [0.25, 0.3) is 0 Å². The van der Waals surface area contributed by atoms with Crippen LogP contribution in [0.5, 0.6) is 0 Å². The van der Waals surface area contributed by atoms with Crippen molar-refractivity contribution in [2.45, 2.75) is 31.8 Å². The molecule has 0 unspecified atom stereocenters. The lowest BCUT2D eigenvalue weighted by Gasteiger charge is -2.37. The van der Waals surface area contributed by atoms with Crippen molar-refractivity contribution < 1.29 is 9.84 Å². The first-order valence-corrected chi connectivity index (χ1v) is 10.5. The lowest BCUT2D eigenvalue weighted by molar-refractivity contribution is -0.00274. The minimum absolute atomic E-state index is 0.383. The molecule has 0 aromatic heterocycles. The third-order valence-corrected chi connectivity index (χ3v) is 6.78. The van der Waals surface area contributed by atoms with E-state index in [2.05, 4.69) is 15.9 Å². The average molecular weight is 379 g/mol. The SMILES string of the molecule is O[C@H](COC[C@@H]1C[C@@H]2CC[C@@H]1C2)CN1CCN(c2cccc(Cl)c2)CC1. The van der Waals surface area contributed by atoms with Gasteiger partial charge < -0.3 is 14.7 Å². The minimum Gasteiger partial charge on any atom is -0.389 e. The van der Waals surface area contributed by atoms with Crippen molar-refractivity contribution in [3.05, 3.63) is 29.3 Å². The summed E-state index contributed by atoms with van der Waals surface area (Å²) in [5, 5.41) is 11.1. The van der Waals surface area contributed by atoms with E-state index < -0.39 is 0 Å². The number of nitrogens with zero attached hydrogens (tertiary/aromatic N) is 2. The summed E-state index contributed by atoms with van der Waals surface area (Å²) in [6.07, 6.45) is 5.23. The van der Waals surface area contributed by atoms with Crippen LogP contribution in [0.1, 0.15) is 25.7 Å². The van der Waals surface area contributed by atoms with Gasteiger partial charge in [0.15, 0.2) is 0 Å². The van der Waals surface area contributed by atoms with E-state index in [1.54, 1.807) is 0 Å². The third kappa shape index (κ3) is 4.53. The van der Waals surface area contributed by atoms with Gasteiger partial charge in [0.05, 0.1) is 12.7 Å². The molecule has 3 aliphatic rings. The van der Waals surface area contributed by atoms with E-state index in [9.17, 15) is 5.11 Å². The summed E-state index contributed by atoms with van der Waals surface area (Å²) >= 11 is 6.09. The molecule has 3 fully saturated rings. The van der Waals surface area contributed by atoms with E-state index in [4.69, 9.17) is 16.3 Å². The average Bonchev–Trinajstić information content (AvgIpc) is 3.25. The molecule has 2 bridgehead atoms. The first-order valence-electron chi connectivity index (χ1n) is 10.2. The van der Waals surface area contributed by atoms with E-state index in [0.29, 0.717) is 13.2 Å². The lowest BCUT2D eigenvalue weighted by atomic mass is 9.90. The van der Waals surface area contributed by atoms with Crippen molar-refractivity contribution in [3.63, 3.8) is 0 Å². The van der Waals surface area contributed by atoms with E-state index in [1.165, 1.54) is 31.4 Å². The fourth-order valence-corrected chi connectivity index (χ4v) is 5.33. The highest BCUT2D eigenvalue weighted by molar-refractivity contribution is 6.30. The maximum Gasteiger partial charge on any atom is 0.0900 e. The predicted octanol–water partition coefficient (Wildman–Crippen LogP) is 3.28. The highest BCUT2D eigenvalue weighted by atomic mass is 35.5. The Kier molecular flexibility index (Phi) is 6.04. The molecular formula is C21H31ClN2O2. The first-order chi connectivity index (χ1) is 12.7. The molecule has 5 heteroatoms. The Morgan fingerprint density at radius 1 is 1.15 bits per heavy atom. The Labute approximate surface area is 162 Å². The molecule has 0 amide bonds. The highest BCUT2D eigenvalue weighted by Gasteiger charge is 2.39. The normalized spacial score (nSPS) is 30.1. The zero-order valence-electron chi connectivity index (χ0n) is 15.5. The third-order valence-electron chi connectivity index (χ3n) is 6.54. The zero-order valence-corrected chi connectivity index (χ0v) is 16.3. The second-order valence-electron chi connectivity index (χ2n) is 8.39. The van der Waals surface area contributed by atoms with Crippen LogP contribution < -0.4 is 4.90 Å². The number of aliphatic hydroxyl groups is 1. The first kappa shape index (κ1) is 18.5. The van der Waals surface area contributed by atoms with Crippen LogP contribution in [0.15, 0.2) is 24.3 Å². The molecule has 1 aromatic carbocycles. The number of hydrogen-bond donors (Lipinski definition) is 1. The highest BCUT2D eigenvalue weighted by Crippen LogP contribution is 2.48. The number of aliphatic hydroxyl groups excluding tert-OH is 1. The Morgan fingerprint density at radius 2 is 2.00 bits per heavy atom. The Hall–Kier alpha value is -0.810. The van der Waals surface area contributed by atoms with Gasteiger partial charge in [-0.1, -0.05) is 24.1 Å². The minimum atomic E-state index is -0.383. The van der Waals surface area contributed by atoms with Gasteiger partial charge in [0.2, 0.25) is 0 Å². The topological polar surface area (TPSA) is 35.9 Å². The zero-order chi connectivity index (χ0) is 17.9. The maximum atomic E-state index is 10.3. The van der Waals surface area contributed by atoms with Crippen LogP contribution in [0.25, 0.3) is 0 Å². The smallest absolute Gasteiger partial charge is 0.0900 e. The van der Waals surface area contributed by atoms with Crippen molar-refractivity contribution in [1.82, 2.24) is 4.90 Å². The molecule has 4 rings (SSSR count). The molecule has 1 saturated heterocycles. The summed E-state index contributed by atoms with van der Waals surface area (Å²) in [5.74, 6) is 2.62. The van der Waals surface area contributed by atoms with E-state index >= 15 is 0 Å². The number of β-amino-alcohol motifs (C(OH)–C–C–N with tert-alkyl or cyclic N) is 1. The van der Waals surface area contributed by atoms with Gasteiger partial charge in [-0.05, 0) is 55.2 Å². The molecule has 4 nitrogen and oxygen atoms in total. The molecule has 2 aliphatic carbocycles. The molecular weight excluding hydrogens is 348 g/mol. The number of anilines is 1. The van der Waals surface area contributed by atoms with Crippen LogP contribution in [0.2, 0.25) is 5.02 Å². The van der Waals surface area contributed by atoms with Crippen LogP contribution in [-0.4, -0.2) is 62.0 Å².